The number of esters is 4. The Hall–Kier alpha value is -2.67. The number of hydrogen-bond acceptors (Lipinski definition) is 9. The Morgan fingerprint density at radius 2 is 1.13 bits per heavy atom. The molecular formula is C20H25O9P. The standard InChI is InChI=1S/C20H25O9P/c1-11-17(26-12(2)21)18(27-13(3)22)19(28-14(4)23)20(29-15(5)24)30(11,25)16-9-7-6-8-10-16/h6-11,17-20H,1-5H3. The Labute approximate surface area is 174 Å². The van der Waals surface area contributed by atoms with Crippen molar-refractivity contribution >= 4 is 36.3 Å². The molecule has 1 aliphatic rings. The summed E-state index contributed by atoms with van der Waals surface area (Å²) in [5, 5.41) is 0.347. The molecule has 1 aliphatic heterocycles. The molecule has 1 aromatic carbocycles. The third-order valence-corrected chi connectivity index (χ3v) is 8.50. The molecule has 0 aromatic heterocycles. The molecule has 30 heavy (non-hydrogen) atoms. The van der Waals surface area contributed by atoms with Crippen LogP contribution in [0.5, 0.6) is 0 Å². The minimum atomic E-state index is -3.72. The van der Waals surface area contributed by atoms with Crippen molar-refractivity contribution in [3.05, 3.63) is 30.3 Å². The lowest BCUT2D eigenvalue weighted by Gasteiger charge is -2.47. The van der Waals surface area contributed by atoms with Gasteiger partial charge in [-0.15, -0.1) is 0 Å². The van der Waals surface area contributed by atoms with Gasteiger partial charge in [0.25, 0.3) is 0 Å². The van der Waals surface area contributed by atoms with Gasteiger partial charge in [-0.3, -0.25) is 19.2 Å². The Morgan fingerprint density at radius 3 is 1.60 bits per heavy atom. The third-order valence-electron chi connectivity index (χ3n) is 4.74. The van der Waals surface area contributed by atoms with Crippen molar-refractivity contribution in [2.45, 2.75) is 64.4 Å². The van der Waals surface area contributed by atoms with Gasteiger partial charge in [-0.1, -0.05) is 37.3 Å². The van der Waals surface area contributed by atoms with Gasteiger partial charge in [0.1, 0.15) is 0 Å². The number of hydrogen-bond donors (Lipinski definition) is 0. The van der Waals surface area contributed by atoms with E-state index in [1.807, 2.05) is 0 Å². The van der Waals surface area contributed by atoms with Crippen molar-refractivity contribution in [1.82, 2.24) is 0 Å². The molecule has 0 bridgehead atoms. The van der Waals surface area contributed by atoms with Gasteiger partial charge in [-0.25, -0.2) is 0 Å². The summed E-state index contributed by atoms with van der Waals surface area (Å²) in [5.41, 5.74) is -0.913. The van der Waals surface area contributed by atoms with Crippen molar-refractivity contribution in [2.24, 2.45) is 0 Å². The molecule has 6 unspecified atom stereocenters. The molecule has 1 saturated heterocycles. The fraction of sp³-hybridized carbons (Fsp3) is 0.500. The summed E-state index contributed by atoms with van der Waals surface area (Å²) in [6, 6.07) is 8.23. The monoisotopic (exact) mass is 440 g/mol. The molecule has 0 saturated carbocycles. The van der Waals surface area contributed by atoms with Crippen LogP contribution in [0, 0.1) is 0 Å². The van der Waals surface area contributed by atoms with E-state index >= 15 is 0 Å². The molecule has 1 fully saturated rings. The highest BCUT2D eigenvalue weighted by atomic mass is 31.2. The predicted molar refractivity (Wildman–Crippen MR) is 105 cm³/mol. The summed E-state index contributed by atoms with van der Waals surface area (Å²) in [6.07, 6.45) is -3.96. The van der Waals surface area contributed by atoms with Gasteiger partial charge in [-0.05, 0) is 0 Å². The molecular weight excluding hydrogens is 415 g/mol. The van der Waals surface area contributed by atoms with Gasteiger partial charge in [-0.2, -0.15) is 0 Å². The number of ether oxygens (including phenoxy) is 4. The SMILES string of the molecule is CC(=O)OC1C(OC(C)=O)C(C)P(=O)(c2ccccc2)C(OC(C)=O)C1OC(C)=O. The van der Waals surface area contributed by atoms with Crippen molar-refractivity contribution in [2.75, 3.05) is 0 Å². The molecule has 0 aliphatic carbocycles. The van der Waals surface area contributed by atoms with Crippen LogP contribution in [-0.4, -0.2) is 53.7 Å². The summed E-state index contributed by atoms with van der Waals surface area (Å²) >= 11 is 0. The van der Waals surface area contributed by atoms with Gasteiger partial charge >= 0.3 is 23.9 Å². The van der Waals surface area contributed by atoms with Crippen LogP contribution < -0.4 is 5.30 Å². The lowest BCUT2D eigenvalue weighted by Crippen LogP contribution is -2.60. The number of rotatable bonds is 5. The highest BCUT2D eigenvalue weighted by Gasteiger charge is 2.62. The van der Waals surface area contributed by atoms with E-state index in [0.717, 1.165) is 27.7 Å². The summed E-state index contributed by atoms with van der Waals surface area (Å²) in [6.45, 7) is 6.08. The summed E-state index contributed by atoms with van der Waals surface area (Å²) in [7, 11) is -3.72. The van der Waals surface area contributed by atoms with Gasteiger partial charge < -0.3 is 23.5 Å². The van der Waals surface area contributed by atoms with Crippen LogP contribution in [0.4, 0.5) is 0 Å². The fourth-order valence-electron chi connectivity index (χ4n) is 3.65. The molecule has 6 atom stereocenters. The highest BCUT2D eigenvalue weighted by molar-refractivity contribution is 7.73. The smallest absolute Gasteiger partial charge is 0.303 e. The molecule has 9 nitrogen and oxygen atoms in total. The second-order valence-electron chi connectivity index (χ2n) is 7.01. The number of benzene rings is 1. The van der Waals surface area contributed by atoms with E-state index in [1.165, 1.54) is 0 Å². The topological polar surface area (TPSA) is 122 Å². The second-order valence-corrected chi connectivity index (χ2v) is 10.3. The van der Waals surface area contributed by atoms with Crippen LogP contribution in [0.1, 0.15) is 34.6 Å². The van der Waals surface area contributed by atoms with Crippen molar-refractivity contribution < 1.29 is 42.7 Å². The minimum absolute atomic E-state index is 0.347. The van der Waals surface area contributed by atoms with E-state index in [0.29, 0.717) is 5.30 Å². The van der Waals surface area contributed by atoms with E-state index in [1.54, 1.807) is 37.3 Å². The summed E-state index contributed by atoms with van der Waals surface area (Å²) in [5.74, 6) is -4.40. The first-order valence-corrected chi connectivity index (χ1v) is 11.2. The second kappa shape index (κ2) is 9.43. The van der Waals surface area contributed by atoms with E-state index in [2.05, 4.69) is 0 Å². The summed E-state index contributed by atoms with van der Waals surface area (Å²) in [4.78, 5) is 47.3. The van der Waals surface area contributed by atoms with Gasteiger partial charge in [0, 0.05) is 33.0 Å². The van der Waals surface area contributed by atoms with Crippen molar-refractivity contribution in [1.29, 1.82) is 0 Å². The lowest BCUT2D eigenvalue weighted by atomic mass is 10.0. The van der Waals surface area contributed by atoms with Crippen LogP contribution in [0.25, 0.3) is 0 Å². The van der Waals surface area contributed by atoms with Gasteiger partial charge in [0.2, 0.25) is 0 Å². The van der Waals surface area contributed by atoms with Gasteiger partial charge in [0.05, 0.1) is 5.66 Å². The molecule has 0 radical (unpaired) electrons. The van der Waals surface area contributed by atoms with Crippen LogP contribution >= 0.6 is 7.14 Å². The van der Waals surface area contributed by atoms with E-state index in [-0.39, 0.29) is 0 Å². The predicted octanol–water partition coefficient (Wildman–Crippen LogP) is 1.76. The van der Waals surface area contributed by atoms with Crippen LogP contribution in [0.15, 0.2) is 30.3 Å². The molecule has 10 heteroatoms. The quantitative estimate of drug-likeness (QED) is 0.383. The van der Waals surface area contributed by atoms with E-state index in [4.69, 9.17) is 18.9 Å². The maximum absolute atomic E-state index is 14.4. The molecule has 0 N–H and O–H groups in total. The molecule has 2 rings (SSSR count). The molecule has 1 aromatic rings. The first-order chi connectivity index (χ1) is 14.0. The van der Waals surface area contributed by atoms with E-state index < -0.39 is 60.8 Å². The van der Waals surface area contributed by atoms with Crippen LogP contribution in [-0.2, 0) is 42.7 Å². The molecule has 0 amide bonds. The van der Waals surface area contributed by atoms with Crippen molar-refractivity contribution in [3.8, 4) is 0 Å². The normalized spacial score (nSPS) is 30.6. The molecule has 164 valence electrons. The number of carbonyl (C=O) groups is 4. The Morgan fingerprint density at radius 1 is 0.700 bits per heavy atom. The average Bonchev–Trinajstić information content (AvgIpc) is 2.65. The highest BCUT2D eigenvalue weighted by Crippen LogP contribution is 2.61. The summed E-state index contributed by atoms with van der Waals surface area (Å²) < 4.78 is 35.9. The molecule has 1 heterocycles. The minimum Gasteiger partial charge on any atom is -0.458 e. The van der Waals surface area contributed by atoms with Crippen molar-refractivity contribution in [3.63, 3.8) is 0 Å². The third kappa shape index (κ3) is 4.90. The Bertz CT molecular complexity index is 866. The molecule has 0 spiro atoms. The maximum Gasteiger partial charge on any atom is 0.303 e. The first kappa shape index (κ1) is 23.6. The zero-order valence-corrected chi connectivity index (χ0v) is 18.3. The fourth-order valence-corrected chi connectivity index (χ4v) is 7.16. The average molecular weight is 440 g/mol. The van der Waals surface area contributed by atoms with Crippen LogP contribution in [0.2, 0.25) is 0 Å². The Balaban J connectivity index is 2.74. The van der Waals surface area contributed by atoms with Crippen LogP contribution in [0.3, 0.4) is 0 Å². The zero-order valence-electron chi connectivity index (χ0n) is 17.4. The zero-order chi connectivity index (χ0) is 22.6. The van der Waals surface area contributed by atoms with Gasteiger partial charge in [0.15, 0.2) is 31.3 Å². The maximum atomic E-state index is 14.4. The number of carbonyl (C=O) groups excluding carboxylic acids is 4. The van der Waals surface area contributed by atoms with E-state index in [9.17, 15) is 23.7 Å². The largest absolute Gasteiger partial charge is 0.458 e. The Kier molecular flexibility index (Phi) is 7.42. The first-order valence-electron chi connectivity index (χ1n) is 9.32. The lowest BCUT2D eigenvalue weighted by molar-refractivity contribution is -0.195.